The molecule has 0 bridgehead atoms. The summed E-state index contributed by atoms with van der Waals surface area (Å²) >= 11 is 0. The molecular weight excluding hydrogens is 283 g/mol. The van der Waals surface area contributed by atoms with Gasteiger partial charge in [-0.2, -0.15) is 13.2 Å². The third kappa shape index (κ3) is 3.65. The van der Waals surface area contributed by atoms with Gasteiger partial charge >= 0.3 is 6.18 Å². The van der Waals surface area contributed by atoms with Crippen LogP contribution >= 0.6 is 0 Å². The molecule has 0 fully saturated rings. The summed E-state index contributed by atoms with van der Waals surface area (Å²) in [5, 5.41) is 2.45. The number of alkyl halides is 3. The molecule has 0 heterocycles. The molecule has 1 amide bonds. The average Bonchev–Trinajstić information content (AvgIpc) is 2.36. The molecule has 0 saturated heterocycles. The van der Waals surface area contributed by atoms with Crippen LogP contribution in [-0.4, -0.2) is 5.91 Å². The molecule has 0 aromatic heterocycles. The molecule has 0 unspecified atom stereocenters. The van der Waals surface area contributed by atoms with Crippen LogP contribution in [0.3, 0.4) is 0 Å². The van der Waals surface area contributed by atoms with Crippen molar-refractivity contribution in [3.05, 3.63) is 53.6 Å². The first-order valence-electron chi connectivity index (χ1n) is 5.90. The van der Waals surface area contributed by atoms with E-state index in [1.807, 2.05) is 0 Å². The number of nitrogens with one attached hydrogen (secondary N) is 1. The fourth-order valence-electron chi connectivity index (χ4n) is 1.79. The van der Waals surface area contributed by atoms with Crippen molar-refractivity contribution in [1.82, 2.24) is 0 Å². The summed E-state index contributed by atoms with van der Waals surface area (Å²) in [4.78, 5) is 12.0. The van der Waals surface area contributed by atoms with Gasteiger partial charge in [0.05, 0.1) is 5.56 Å². The lowest BCUT2D eigenvalue weighted by Gasteiger charge is -2.10. The third-order valence-corrected chi connectivity index (χ3v) is 2.69. The van der Waals surface area contributed by atoms with E-state index in [4.69, 9.17) is 11.5 Å². The number of hydrogen-bond donors (Lipinski definition) is 3. The van der Waals surface area contributed by atoms with Crippen molar-refractivity contribution in [2.45, 2.75) is 6.18 Å². The lowest BCUT2D eigenvalue weighted by molar-refractivity contribution is -0.137. The predicted octanol–water partition coefficient (Wildman–Crippen LogP) is 3.12. The first-order chi connectivity index (χ1) is 9.75. The van der Waals surface area contributed by atoms with Gasteiger partial charge in [0, 0.05) is 22.6 Å². The summed E-state index contributed by atoms with van der Waals surface area (Å²) in [6, 6.07) is 8.57. The molecule has 5 N–H and O–H groups in total. The number of benzene rings is 2. The molecule has 0 atom stereocenters. The van der Waals surface area contributed by atoms with Crippen molar-refractivity contribution >= 4 is 23.0 Å². The molecule has 7 heteroatoms. The Hall–Kier alpha value is -2.70. The van der Waals surface area contributed by atoms with Crippen LogP contribution in [0.1, 0.15) is 15.9 Å². The van der Waals surface area contributed by atoms with Gasteiger partial charge in [0.2, 0.25) is 0 Å². The number of halogens is 3. The van der Waals surface area contributed by atoms with Gasteiger partial charge in [-0.15, -0.1) is 0 Å². The molecule has 0 aliphatic carbocycles. The van der Waals surface area contributed by atoms with Crippen LogP contribution in [0.2, 0.25) is 0 Å². The minimum absolute atomic E-state index is 0.106. The second-order valence-electron chi connectivity index (χ2n) is 4.42. The normalized spacial score (nSPS) is 11.2. The van der Waals surface area contributed by atoms with Gasteiger partial charge < -0.3 is 16.8 Å². The SMILES string of the molecule is Nc1cc(N)cc(NC(=O)c2cccc(C(F)(F)F)c2)c1. The van der Waals surface area contributed by atoms with E-state index in [-0.39, 0.29) is 5.56 Å². The monoisotopic (exact) mass is 295 g/mol. The summed E-state index contributed by atoms with van der Waals surface area (Å²) in [6.45, 7) is 0. The molecule has 4 nitrogen and oxygen atoms in total. The van der Waals surface area contributed by atoms with Crippen LogP contribution in [0.15, 0.2) is 42.5 Å². The highest BCUT2D eigenvalue weighted by Gasteiger charge is 2.30. The smallest absolute Gasteiger partial charge is 0.399 e. The Kier molecular flexibility index (Phi) is 3.75. The zero-order valence-electron chi connectivity index (χ0n) is 10.7. The Morgan fingerprint density at radius 1 is 1.00 bits per heavy atom. The molecule has 0 spiro atoms. The minimum atomic E-state index is -4.50. The molecule has 2 rings (SSSR count). The number of carbonyl (C=O) groups is 1. The van der Waals surface area contributed by atoms with Crippen LogP contribution in [0, 0.1) is 0 Å². The maximum absolute atomic E-state index is 12.6. The van der Waals surface area contributed by atoms with Crippen molar-refractivity contribution in [3.63, 3.8) is 0 Å². The summed E-state index contributed by atoms with van der Waals surface area (Å²) < 4.78 is 37.8. The van der Waals surface area contributed by atoms with E-state index in [0.29, 0.717) is 17.1 Å². The van der Waals surface area contributed by atoms with Crippen LogP contribution in [0.5, 0.6) is 0 Å². The van der Waals surface area contributed by atoms with Crippen LogP contribution in [-0.2, 0) is 6.18 Å². The summed E-state index contributed by atoms with van der Waals surface area (Å²) in [5.74, 6) is -0.675. The Bertz CT molecular complexity index is 663. The zero-order valence-corrected chi connectivity index (χ0v) is 10.7. The fraction of sp³-hybridized carbons (Fsp3) is 0.0714. The number of carbonyl (C=O) groups excluding carboxylic acids is 1. The first kappa shape index (κ1) is 14.7. The maximum atomic E-state index is 12.6. The maximum Gasteiger partial charge on any atom is 0.416 e. The molecule has 21 heavy (non-hydrogen) atoms. The highest BCUT2D eigenvalue weighted by atomic mass is 19.4. The number of amides is 1. The second-order valence-corrected chi connectivity index (χ2v) is 4.42. The van der Waals surface area contributed by atoms with Crippen molar-refractivity contribution in [2.75, 3.05) is 16.8 Å². The molecule has 2 aromatic carbocycles. The zero-order chi connectivity index (χ0) is 15.6. The lowest BCUT2D eigenvalue weighted by Crippen LogP contribution is -2.14. The number of nitrogens with two attached hydrogens (primary N) is 2. The number of nitrogen functional groups attached to an aromatic ring is 2. The van der Waals surface area contributed by atoms with Gasteiger partial charge in [-0.25, -0.2) is 0 Å². The molecule has 0 aliphatic heterocycles. The van der Waals surface area contributed by atoms with E-state index in [1.165, 1.54) is 30.3 Å². The van der Waals surface area contributed by atoms with Gasteiger partial charge in [0.25, 0.3) is 5.91 Å². The molecule has 0 aliphatic rings. The number of hydrogen-bond acceptors (Lipinski definition) is 3. The highest BCUT2D eigenvalue weighted by molar-refractivity contribution is 6.04. The molecule has 0 saturated carbocycles. The minimum Gasteiger partial charge on any atom is -0.399 e. The van der Waals surface area contributed by atoms with E-state index < -0.39 is 17.6 Å². The van der Waals surface area contributed by atoms with E-state index >= 15 is 0 Å². The van der Waals surface area contributed by atoms with E-state index in [2.05, 4.69) is 5.32 Å². The van der Waals surface area contributed by atoms with Crippen molar-refractivity contribution in [3.8, 4) is 0 Å². The molecule has 2 aromatic rings. The summed E-state index contributed by atoms with van der Waals surface area (Å²) in [5.41, 5.74) is 11.2. The third-order valence-electron chi connectivity index (χ3n) is 2.69. The molecule has 110 valence electrons. The van der Waals surface area contributed by atoms with E-state index in [9.17, 15) is 18.0 Å². The first-order valence-corrected chi connectivity index (χ1v) is 5.90. The fourth-order valence-corrected chi connectivity index (χ4v) is 1.79. The Balaban J connectivity index is 2.24. The van der Waals surface area contributed by atoms with Crippen LogP contribution < -0.4 is 16.8 Å². The van der Waals surface area contributed by atoms with Crippen molar-refractivity contribution in [2.24, 2.45) is 0 Å². The van der Waals surface area contributed by atoms with Crippen molar-refractivity contribution in [1.29, 1.82) is 0 Å². The Labute approximate surface area is 118 Å². The standard InChI is InChI=1S/C14H12F3N3O/c15-14(16,17)9-3-1-2-8(4-9)13(21)20-12-6-10(18)5-11(19)7-12/h1-7H,18-19H2,(H,20,21). The molecule has 0 radical (unpaired) electrons. The van der Waals surface area contributed by atoms with Gasteiger partial charge in [-0.05, 0) is 36.4 Å². The Morgan fingerprint density at radius 3 is 2.19 bits per heavy atom. The largest absolute Gasteiger partial charge is 0.416 e. The number of rotatable bonds is 2. The van der Waals surface area contributed by atoms with Crippen LogP contribution in [0.4, 0.5) is 30.2 Å². The topological polar surface area (TPSA) is 81.1 Å². The van der Waals surface area contributed by atoms with Crippen LogP contribution in [0.25, 0.3) is 0 Å². The molecular formula is C14H12F3N3O. The van der Waals surface area contributed by atoms with Gasteiger partial charge in [0.1, 0.15) is 0 Å². The highest BCUT2D eigenvalue weighted by Crippen LogP contribution is 2.29. The van der Waals surface area contributed by atoms with E-state index in [1.54, 1.807) is 0 Å². The predicted molar refractivity (Wildman–Crippen MR) is 74.7 cm³/mol. The van der Waals surface area contributed by atoms with Gasteiger partial charge in [-0.1, -0.05) is 6.07 Å². The van der Waals surface area contributed by atoms with E-state index in [0.717, 1.165) is 12.1 Å². The lowest BCUT2D eigenvalue weighted by atomic mass is 10.1. The van der Waals surface area contributed by atoms with Crippen molar-refractivity contribution < 1.29 is 18.0 Å². The average molecular weight is 295 g/mol. The summed E-state index contributed by atoms with van der Waals surface area (Å²) in [6.07, 6.45) is -4.50. The second kappa shape index (κ2) is 5.35. The van der Waals surface area contributed by atoms with Gasteiger partial charge in [0.15, 0.2) is 0 Å². The Morgan fingerprint density at radius 2 is 1.62 bits per heavy atom. The number of anilines is 3. The quantitative estimate of drug-likeness (QED) is 0.744. The van der Waals surface area contributed by atoms with Gasteiger partial charge in [-0.3, -0.25) is 4.79 Å². The summed E-state index contributed by atoms with van der Waals surface area (Å²) in [7, 11) is 0.